The van der Waals surface area contributed by atoms with Gasteiger partial charge in [-0.2, -0.15) is 0 Å². The predicted octanol–water partition coefficient (Wildman–Crippen LogP) is 1.93. The zero-order valence-corrected chi connectivity index (χ0v) is 6.90. The van der Waals surface area contributed by atoms with E-state index in [4.69, 9.17) is 5.73 Å². The second kappa shape index (κ2) is 4.34. The molecule has 0 amide bonds. The Morgan fingerprint density at radius 2 is 2.42 bits per heavy atom. The van der Waals surface area contributed by atoms with Crippen molar-refractivity contribution in [1.82, 2.24) is 0 Å². The van der Waals surface area contributed by atoms with Gasteiger partial charge in [0.2, 0.25) is 0 Å². The maximum Gasteiger partial charge on any atom is 0.0845 e. The lowest BCUT2D eigenvalue weighted by atomic mass is 10.1. The summed E-state index contributed by atoms with van der Waals surface area (Å²) >= 11 is 0. The van der Waals surface area contributed by atoms with Crippen molar-refractivity contribution in [2.75, 3.05) is 0 Å². The Balaban J connectivity index is 2.88. The summed E-state index contributed by atoms with van der Waals surface area (Å²) in [4.78, 5) is 3.81. The van der Waals surface area contributed by atoms with Crippen molar-refractivity contribution in [3.8, 4) is 0 Å². The quantitative estimate of drug-likeness (QED) is 0.616. The minimum absolute atomic E-state index is 0.731. The molecule has 1 rings (SSSR count). The summed E-state index contributed by atoms with van der Waals surface area (Å²) in [7, 11) is 0. The van der Waals surface area contributed by atoms with Crippen LogP contribution in [-0.4, -0.2) is 6.72 Å². The van der Waals surface area contributed by atoms with Crippen molar-refractivity contribution in [2.45, 2.75) is 6.42 Å². The first kappa shape index (κ1) is 8.53. The van der Waals surface area contributed by atoms with Crippen LogP contribution < -0.4 is 5.73 Å². The van der Waals surface area contributed by atoms with Crippen molar-refractivity contribution >= 4 is 6.72 Å². The van der Waals surface area contributed by atoms with Crippen molar-refractivity contribution in [3.05, 3.63) is 47.9 Å². The largest absolute Gasteiger partial charge is 0.403 e. The molecule has 0 heterocycles. The van der Waals surface area contributed by atoms with Crippen LogP contribution in [0.4, 0.5) is 0 Å². The molecule has 0 aromatic carbocycles. The molecule has 0 spiro atoms. The maximum absolute atomic E-state index is 5.37. The lowest BCUT2D eigenvalue weighted by Gasteiger charge is -1.99. The van der Waals surface area contributed by atoms with Gasteiger partial charge in [-0.05, 0) is 18.7 Å². The van der Waals surface area contributed by atoms with Gasteiger partial charge in [-0.1, -0.05) is 30.4 Å². The van der Waals surface area contributed by atoms with Crippen LogP contribution in [0.3, 0.4) is 0 Å². The van der Waals surface area contributed by atoms with Gasteiger partial charge in [-0.15, -0.1) is 0 Å². The standard InChI is InChI=1S/C10H12N2/c1-12-10(8-11)9-6-4-2-3-5-7-9/h2-4,6-8H,1,5,11H2/b10-8-. The van der Waals surface area contributed by atoms with Crippen LogP contribution >= 0.6 is 0 Å². The molecule has 1 aliphatic rings. The van der Waals surface area contributed by atoms with Crippen molar-refractivity contribution in [1.29, 1.82) is 0 Å². The number of rotatable bonds is 2. The second-order valence-corrected chi connectivity index (χ2v) is 2.39. The molecule has 0 bridgehead atoms. The van der Waals surface area contributed by atoms with Gasteiger partial charge in [-0.25, -0.2) is 0 Å². The first-order chi connectivity index (χ1) is 5.88. The van der Waals surface area contributed by atoms with E-state index in [1.807, 2.05) is 18.2 Å². The van der Waals surface area contributed by atoms with E-state index in [1.54, 1.807) is 0 Å². The van der Waals surface area contributed by atoms with Gasteiger partial charge in [0, 0.05) is 6.20 Å². The molecule has 2 heteroatoms. The normalized spacial score (nSPS) is 17.0. The zero-order valence-electron chi connectivity index (χ0n) is 6.90. The number of aliphatic imine (C=N–C) groups is 1. The molecule has 2 nitrogen and oxygen atoms in total. The molecule has 0 aromatic rings. The Morgan fingerprint density at radius 3 is 3.08 bits per heavy atom. The highest BCUT2D eigenvalue weighted by molar-refractivity contribution is 5.45. The van der Waals surface area contributed by atoms with Gasteiger partial charge in [0.1, 0.15) is 0 Å². The molecule has 0 aliphatic heterocycles. The van der Waals surface area contributed by atoms with Gasteiger partial charge >= 0.3 is 0 Å². The average Bonchev–Trinajstić information content (AvgIpc) is 2.35. The molecule has 0 radical (unpaired) electrons. The van der Waals surface area contributed by atoms with Gasteiger partial charge in [0.05, 0.1) is 5.70 Å². The average molecular weight is 160 g/mol. The molecule has 2 N–H and O–H groups in total. The summed E-state index contributed by atoms with van der Waals surface area (Å²) in [6, 6.07) is 0. The summed E-state index contributed by atoms with van der Waals surface area (Å²) in [5, 5.41) is 0. The van der Waals surface area contributed by atoms with Crippen LogP contribution in [0.5, 0.6) is 0 Å². The van der Waals surface area contributed by atoms with Gasteiger partial charge in [0.15, 0.2) is 0 Å². The summed E-state index contributed by atoms with van der Waals surface area (Å²) in [5.74, 6) is 0. The third-order valence-corrected chi connectivity index (χ3v) is 1.62. The Hall–Kier alpha value is -1.57. The fraction of sp³-hybridized carbons (Fsp3) is 0.100. The number of hydrogen-bond acceptors (Lipinski definition) is 2. The SMILES string of the molecule is C=N/C(=C\N)C1=CCC=CC=C1. The molecule has 0 fully saturated rings. The van der Waals surface area contributed by atoms with Crippen LogP contribution in [0.2, 0.25) is 0 Å². The van der Waals surface area contributed by atoms with Crippen LogP contribution in [0.25, 0.3) is 0 Å². The van der Waals surface area contributed by atoms with Crippen LogP contribution in [0, 0.1) is 0 Å². The first-order valence-corrected chi connectivity index (χ1v) is 3.81. The first-order valence-electron chi connectivity index (χ1n) is 3.81. The minimum Gasteiger partial charge on any atom is -0.403 e. The highest BCUT2D eigenvalue weighted by Crippen LogP contribution is 2.14. The number of nitrogens with two attached hydrogens (primary N) is 1. The molecule has 0 saturated heterocycles. The minimum atomic E-state index is 0.731. The maximum atomic E-state index is 5.37. The van der Waals surface area contributed by atoms with Gasteiger partial charge in [0.25, 0.3) is 0 Å². The molecule has 12 heavy (non-hydrogen) atoms. The van der Waals surface area contributed by atoms with Crippen molar-refractivity contribution in [2.24, 2.45) is 10.7 Å². The second-order valence-electron chi connectivity index (χ2n) is 2.39. The van der Waals surface area contributed by atoms with Gasteiger partial charge < -0.3 is 5.73 Å². The van der Waals surface area contributed by atoms with E-state index >= 15 is 0 Å². The van der Waals surface area contributed by atoms with E-state index in [9.17, 15) is 0 Å². The predicted molar refractivity (Wildman–Crippen MR) is 52.8 cm³/mol. The zero-order chi connectivity index (χ0) is 8.81. The van der Waals surface area contributed by atoms with E-state index in [0.717, 1.165) is 17.7 Å². The summed E-state index contributed by atoms with van der Waals surface area (Å²) in [5.41, 5.74) is 7.13. The molecule has 62 valence electrons. The monoisotopic (exact) mass is 160 g/mol. The Bertz CT molecular complexity index is 280. The van der Waals surface area contributed by atoms with E-state index in [-0.39, 0.29) is 0 Å². The molecule has 0 atom stereocenters. The molecule has 0 saturated carbocycles. The smallest absolute Gasteiger partial charge is 0.0845 e. The van der Waals surface area contributed by atoms with Crippen LogP contribution in [-0.2, 0) is 0 Å². The fourth-order valence-corrected chi connectivity index (χ4v) is 1.01. The van der Waals surface area contributed by atoms with Crippen LogP contribution in [0.15, 0.2) is 52.8 Å². The third-order valence-electron chi connectivity index (χ3n) is 1.62. The van der Waals surface area contributed by atoms with Crippen molar-refractivity contribution in [3.63, 3.8) is 0 Å². The number of nitrogens with zero attached hydrogens (tertiary/aromatic N) is 1. The molecule has 1 aliphatic carbocycles. The summed E-state index contributed by atoms with van der Waals surface area (Å²) in [6.07, 6.45) is 12.4. The Morgan fingerprint density at radius 1 is 1.58 bits per heavy atom. The third kappa shape index (κ3) is 1.95. The molecule has 0 unspecified atom stereocenters. The molecular formula is C10H12N2. The Labute approximate surface area is 72.5 Å². The van der Waals surface area contributed by atoms with E-state index < -0.39 is 0 Å². The lowest BCUT2D eigenvalue weighted by molar-refractivity contribution is 1.28. The number of allylic oxidation sites excluding steroid dienone is 5. The lowest BCUT2D eigenvalue weighted by Crippen LogP contribution is -1.88. The van der Waals surface area contributed by atoms with Gasteiger partial charge in [-0.3, -0.25) is 4.99 Å². The van der Waals surface area contributed by atoms with Crippen molar-refractivity contribution < 1.29 is 0 Å². The topological polar surface area (TPSA) is 38.4 Å². The number of hydrogen-bond donors (Lipinski definition) is 1. The summed E-state index contributed by atoms with van der Waals surface area (Å²) in [6.45, 7) is 3.44. The highest BCUT2D eigenvalue weighted by Gasteiger charge is 1.97. The van der Waals surface area contributed by atoms with E-state index in [0.29, 0.717) is 0 Å². The van der Waals surface area contributed by atoms with E-state index in [1.165, 1.54) is 6.20 Å². The highest BCUT2D eigenvalue weighted by atomic mass is 14.7. The van der Waals surface area contributed by atoms with E-state index in [2.05, 4.69) is 23.9 Å². The molecule has 0 aromatic heterocycles. The Kier molecular flexibility index (Phi) is 3.08. The summed E-state index contributed by atoms with van der Waals surface area (Å²) < 4.78 is 0. The molecular weight excluding hydrogens is 148 g/mol. The fourth-order valence-electron chi connectivity index (χ4n) is 1.01. The van der Waals surface area contributed by atoms with Crippen LogP contribution in [0.1, 0.15) is 6.42 Å².